The maximum absolute atomic E-state index is 12.2. The molecule has 1 aliphatic heterocycles. The van der Waals surface area contributed by atoms with Crippen molar-refractivity contribution >= 4 is 9.84 Å². The molecule has 0 bridgehead atoms. The Bertz CT molecular complexity index is 698. The molecule has 2 aliphatic rings. The number of nitrogens with zero attached hydrogens (tertiary/aromatic N) is 1. The minimum absolute atomic E-state index is 0.0933. The molecule has 0 spiro atoms. The van der Waals surface area contributed by atoms with E-state index in [0.29, 0.717) is 18.4 Å². The molecule has 1 N–H and O–H groups in total. The van der Waals surface area contributed by atoms with Gasteiger partial charge < -0.3 is 5.11 Å². The maximum Gasteiger partial charge on any atom is 0.178 e. The molecular formula is C16H19NO3S. The van der Waals surface area contributed by atoms with Crippen molar-refractivity contribution in [2.45, 2.75) is 49.0 Å². The number of aliphatic hydroxyl groups is 1. The van der Waals surface area contributed by atoms with Crippen molar-refractivity contribution in [3.05, 3.63) is 29.8 Å². The lowest BCUT2D eigenvalue weighted by molar-refractivity contribution is -0.0852. The first-order chi connectivity index (χ1) is 9.95. The van der Waals surface area contributed by atoms with Crippen LogP contribution in [0.4, 0.5) is 0 Å². The Labute approximate surface area is 125 Å². The number of benzene rings is 1. The van der Waals surface area contributed by atoms with E-state index in [2.05, 4.69) is 6.07 Å². The second-order valence-electron chi connectivity index (χ2n) is 6.18. The van der Waals surface area contributed by atoms with Crippen LogP contribution in [0.2, 0.25) is 0 Å². The Balaban J connectivity index is 2.20. The first kappa shape index (κ1) is 14.6. The summed E-state index contributed by atoms with van der Waals surface area (Å²) < 4.78 is 24.5. The highest BCUT2D eigenvalue weighted by Gasteiger charge is 2.55. The standard InChI is InChI=1S/C16H19NO3S/c17-12-15(8-4-1-5-9-15)16(18)10-11-21(19,20)14-7-3-2-6-13(14)16/h2-3,6-7,18H,1,4-5,8-11H2. The fourth-order valence-corrected chi connectivity index (χ4v) is 5.52. The highest BCUT2D eigenvalue weighted by atomic mass is 32.2. The Hall–Kier alpha value is -1.38. The average Bonchev–Trinajstić information content (AvgIpc) is 2.52. The smallest absolute Gasteiger partial charge is 0.178 e. The molecule has 4 nitrogen and oxygen atoms in total. The minimum Gasteiger partial charge on any atom is -0.383 e. The van der Waals surface area contributed by atoms with Crippen LogP contribution in [0.25, 0.3) is 0 Å². The summed E-state index contributed by atoms with van der Waals surface area (Å²) in [5.41, 5.74) is -1.80. The molecule has 1 fully saturated rings. The molecular weight excluding hydrogens is 286 g/mol. The van der Waals surface area contributed by atoms with Crippen molar-refractivity contribution in [3.8, 4) is 6.07 Å². The van der Waals surface area contributed by atoms with E-state index in [1.165, 1.54) is 0 Å². The zero-order valence-electron chi connectivity index (χ0n) is 11.9. The molecule has 1 saturated carbocycles. The third-order valence-corrected chi connectivity index (χ3v) is 6.88. The molecule has 3 rings (SSSR count). The normalized spacial score (nSPS) is 30.1. The fourth-order valence-electron chi connectivity index (χ4n) is 3.88. The molecule has 1 atom stereocenters. The van der Waals surface area contributed by atoms with E-state index >= 15 is 0 Å². The summed E-state index contributed by atoms with van der Waals surface area (Å²) in [6.45, 7) is 0. The lowest BCUT2D eigenvalue weighted by Gasteiger charge is -2.47. The monoisotopic (exact) mass is 305 g/mol. The molecule has 5 heteroatoms. The SMILES string of the molecule is N#CC1(C2(O)CCS(=O)(=O)c3ccccc32)CCCCC1. The van der Waals surface area contributed by atoms with Gasteiger partial charge in [-0.3, -0.25) is 0 Å². The van der Waals surface area contributed by atoms with E-state index in [1.807, 2.05) is 0 Å². The van der Waals surface area contributed by atoms with Gasteiger partial charge in [-0.25, -0.2) is 8.42 Å². The van der Waals surface area contributed by atoms with Gasteiger partial charge in [0.2, 0.25) is 0 Å². The van der Waals surface area contributed by atoms with Crippen LogP contribution in [0.5, 0.6) is 0 Å². The molecule has 1 aromatic carbocycles. The third kappa shape index (κ3) is 2.01. The van der Waals surface area contributed by atoms with Crippen molar-refractivity contribution in [1.82, 2.24) is 0 Å². The molecule has 0 saturated heterocycles. The van der Waals surface area contributed by atoms with Crippen molar-refractivity contribution in [2.24, 2.45) is 5.41 Å². The van der Waals surface area contributed by atoms with Gasteiger partial charge in [-0.05, 0) is 25.3 Å². The third-order valence-electron chi connectivity index (χ3n) is 5.11. The van der Waals surface area contributed by atoms with Crippen molar-refractivity contribution in [1.29, 1.82) is 5.26 Å². The zero-order valence-corrected chi connectivity index (χ0v) is 12.7. The topological polar surface area (TPSA) is 78.2 Å². The second kappa shape index (κ2) is 4.82. The molecule has 1 aromatic rings. The van der Waals surface area contributed by atoms with E-state index in [0.717, 1.165) is 19.3 Å². The number of hydrogen-bond acceptors (Lipinski definition) is 4. The van der Waals surface area contributed by atoms with Gasteiger partial charge in [0.15, 0.2) is 9.84 Å². The van der Waals surface area contributed by atoms with Crippen molar-refractivity contribution < 1.29 is 13.5 Å². The van der Waals surface area contributed by atoms with E-state index < -0.39 is 20.9 Å². The van der Waals surface area contributed by atoms with Gasteiger partial charge in [0.25, 0.3) is 0 Å². The quantitative estimate of drug-likeness (QED) is 0.864. The van der Waals surface area contributed by atoms with Gasteiger partial charge >= 0.3 is 0 Å². The molecule has 1 unspecified atom stereocenters. The number of nitriles is 1. The molecule has 1 heterocycles. The maximum atomic E-state index is 12.2. The summed E-state index contributed by atoms with van der Waals surface area (Å²) >= 11 is 0. The molecule has 0 aromatic heterocycles. The summed E-state index contributed by atoms with van der Waals surface area (Å²) in [5, 5.41) is 21.1. The molecule has 0 amide bonds. The van der Waals surface area contributed by atoms with Crippen LogP contribution in [0.15, 0.2) is 29.2 Å². The van der Waals surface area contributed by atoms with E-state index in [-0.39, 0.29) is 17.1 Å². The van der Waals surface area contributed by atoms with Crippen LogP contribution in [-0.4, -0.2) is 19.3 Å². The predicted molar refractivity (Wildman–Crippen MR) is 78.1 cm³/mol. The molecule has 112 valence electrons. The highest BCUT2D eigenvalue weighted by molar-refractivity contribution is 7.91. The van der Waals surface area contributed by atoms with Gasteiger partial charge in [0, 0.05) is 5.56 Å². The lowest BCUT2D eigenvalue weighted by Crippen LogP contribution is -2.50. The van der Waals surface area contributed by atoms with Crippen molar-refractivity contribution in [3.63, 3.8) is 0 Å². The number of fused-ring (bicyclic) bond motifs is 1. The van der Waals surface area contributed by atoms with Gasteiger partial charge in [-0.2, -0.15) is 5.26 Å². The Morgan fingerprint density at radius 1 is 1.10 bits per heavy atom. The first-order valence-electron chi connectivity index (χ1n) is 7.41. The van der Waals surface area contributed by atoms with Crippen LogP contribution < -0.4 is 0 Å². The summed E-state index contributed by atoms with van der Waals surface area (Å²) in [6, 6.07) is 8.97. The fraction of sp³-hybridized carbons (Fsp3) is 0.562. The average molecular weight is 305 g/mol. The van der Waals surface area contributed by atoms with Gasteiger partial charge in [-0.1, -0.05) is 37.5 Å². The summed E-state index contributed by atoms with van der Waals surface area (Å²) in [6.07, 6.45) is 4.26. The zero-order chi connectivity index (χ0) is 15.1. The number of rotatable bonds is 1. The Morgan fingerprint density at radius 2 is 1.76 bits per heavy atom. The number of hydrogen-bond donors (Lipinski definition) is 1. The van der Waals surface area contributed by atoms with Crippen LogP contribution in [0.1, 0.15) is 44.1 Å². The largest absolute Gasteiger partial charge is 0.383 e. The van der Waals surface area contributed by atoms with Crippen molar-refractivity contribution in [2.75, 3.05) is 5.75 Å². The highest BCUT2D eigenvalue weighted by Crippen LogP contribution is 2.54. The van der Waals surface area contributed by atoms with E-state index in [1.54, 1.807) is 24.3 Å². The van der Waals surface area contributed by atoms with Crippen LogP contribution >= 0.6 is 0 Å². The summed E-state index contributed by atoms with van der Waals surface area (Å²) in [4.78, 5) is 0.193. The Morgan fingerprint density at radius 3 is 2.43 bits per heavy atom. The number of sulfone groups is 1. The van der Waals surface area contributed by atoms with Gasteiger partial charge in [0.05, 0.1) is 22.1 Å². The summed E-state index contributed by atoms with van der Waals surface area (Å²) in [5.74, 6) is -0.0933. The van der Waals surface area contributed by atoms with E-state index in [9.17, 15) is 18.8 Å². The van der Waals surface area contributed by atoms with Crippen LogP contribution in [0.3, 0.4) is 0 Å². The molecule has 21 heavy (non-hydrogen) atoms. The summed E-state index contributed by atoms with van der Waals surface area (Å²) in [7, 11) is -3.36. The predicted octanol–water partition coefficient (Wildman–Crippen LogP) is 2.53. The first-order valence-corrected chi connectivity index (χ1v) is 9.06. The Kier molecular flexibility index (Phi) is 3.34. The van der Waals surface area contributed by atoms with Gasteiger partial charge in [0.1, 0.15) is 5.60 Å². The second-order valence-corrected chi connectivity index (χ2v) is 8.26. The lowest BCUT2D eigenvalue weighted by atomic mass is 9.60. The molecule has 1 aliphatic carbocycles. The van der Waals surface area contributed by atoms with Crippen LogP contribution in [-0.2, 0) is 15.4 Å². The molecule has 0 radical (unpaired) electrons. The van der Waals surface area contributed by atoms with E-state index in [4.69, 9.17) is 0 Å². The van der Waals surface area contributed by atoms with Crippen LogP contribution in [0, 0.1) is 16.7 Å². The minimum atomic E-state index is -3.36. The van der Waals surface area contributed by atoms with Gasteiger partial charge in [-0.15, -0.1) is 0 Å².